The van der Waals surface area contributed by atoms with E-state index in [-0.39, 0.29) is 5.43 Å². The third kappa shape index (κ3) is 0.887. The minimum absolute atomic E-state index is 0.0262. The molecule has 0 radical (unpaired) electrons. The van der Waals surface area contributed by atoms with Crippen LogP contribution in [-0.2, 0) is 0 Å². The molecule has 0 aliphatic rings. The summed E-state index contributed by atoms with van der Waals surface area (Å²) in [6.07, 6.45) is 3.08. The Bertz CT molecular complexity index is 475. The molecule has 1 N–H and O–H groups in total. The number of hydrogen-bond donors (Lipinski definition) is 1. The summed E-state index contributed by atoms with van der Waals surface area (Å²) < 4.78 is 0. The number of pyridine rings is 1. The molecule has 0 fully saturated rings. The maximum absolute atomic E-state index is 11.2. The van der Waals surface area contributed by atoms with Crippen LogP contribution in [0, 0.1) is 6.92 Å². The highest BCUT2D eigenvalue weighted by atomic mass is 16.1. The molecule has 0 aromatic carbocycles. The number of nitrogens with one attached hydrogen (secondary N) is 1. The highest BCUT2D eigenvalue weighted by Crippen LogP contribution is 2.05. The van der Waals surface area contributed by atoms with E-state index in [9.17, 15) is 4.79 Å². The van der Waals surface area contributed by atoms with Gasteiger partial charge in [0, 0.05) is 12.3 Å². The number of hydrogen-bond acceptors (Lipinski definition) is 3. The summed E-state index contributed by atoms with van der Waals surface area (Å²) in [5.74, 6) is 0. The van der Waals surface area contributed by atoms with Crippen LogP contribution in [0.1, 0.15) is 5.69 Å². The van der Waals surface area contributed by atoms with Gasteiger partial charge in [-0.3, -0.25) is 4.79 Å². The zero-order chi connectivity index (χ0) is 8.55. The summed E-state index contributed by atoms with van der Waals surface area (Å²) in [5.41, 5.74) is 1.48. The van der Waals surface area contributed by atoms with Crippen LogP contribution < -0.4 is 5.43 Å². The molecular weight excluding hydrogens is 154 g/mol. The molecule has 2 rings (SSSR count). The zero-order valence-electron chi connectivity index (χ0n) is 6.53. The summed E-state index contributed by atoms with van der Waals surface area (Å²) in [7, 11) is 0. The fourth-order valence-electron chi connectivity index (χ4n) is 1.14. The first kappa shape index (κ1) is 6.97. The van der Waals surface area contributed by atoms with E-state index >= 15 is 0 Å². The van der Waals surface area contributed by atoms with Gasteiger partial charge in [0.15, 0.2) is 5.43 Å². The second-order valence-electron chi connectivity index (χ2n) is 2.56. The standard InChI is InChI=1S/C8H7N3O/c1-5-8-6(4-10-11-5)7(12)2-3-9-8/h2-4H,1H3,(H,9,12). The Morgan fingerprint density at radius 3 is 3.08 bits per heavy atom. The third-order valence-electron chi connectivity index (χ3n) is 1.75. The molecule has 4 heteroatoms. The van der Waals surface area contributed by atoms with Gasteiger partial charge in [-0.1, -0.05) is 0 Å². The molecule has 0 saturated carbocycles. The molecule has 0 bridgehead atoms. The minimum Gasteiger partial charge on any atom is -0.359 e. The van der Waals surface area contributed by atoms with Gasteiger partial charge in [-0.25, -0.2) is 0 Å². The Balaban J connectivity index is 3.05. The van der Waals surface area contributed by atoms with Crippen molar-refractivity contribution in [2.24, 2.45) is 0 Å². The van der Waals surface area contributed by atoms with Gasteiger partial charge in [-0.15, -0.1) is 0 Å². The molecule has 4 nitrogen and oxygen atoms in total. The van der Waals surface area contributed by atoms with Gasteiger partial charge >= 0.3 is 0 Å². The molecule has 60 valence electrons. The third-order valence-corrected chi connectivity index (χ3v) is 1.75. The van der Waals surface area contributed by atoms with Crippen molar-refractivity contribution >= 4 is 10.9 Å². The van der Waals surface area contributed by atoms with E-state index in [2.05, 4.69) is 15.2 Å². The van der Waals surface area contributed by atoms with Gasteiger partial charge in [-0.05, 0) is 6.92 Å². The molecule has 0 amide bonds. The number of rotatable bonds is 0. The molecule has 2 heterocycles. The van der Waals surface area contributed by atoms with Gasteiger partial charge in [0.25, 0.3) is 0 Å². The Labute approximate surface area is 68.3 Å². The van der Waals surface area contributed by atoms with Gasteiger partial charge < -0.3 is 4.98 Å². The lowest BCUT2D eigenvalue weighted by Gasteiger charge is -1.96. The largest absolute Gasteiger partial charge is 0.359 e. The van der Waals surface area contributed by atoms with Crippen LogP contribution in [0.2, 0.25) is 0 Å². The number of H-pyrrole nitrogens is 1. The van der Waals surface area contributed by atoms with E-state index in [1.165, 1.54) is 12.3 Å². The molecule has 0 atom stereocenters. The van der Waals surface area contributed by atoms with Crippen LogP contribution >= 0.6 is 0 Å². The van der Waals surface area contributed by atoms with Crippen molar-refractivity contribution in [2.75, 3.05) is 0 Å². The molecule has 0 spiro atoms. The van der Waals surface area contributed by atoms with E-state index < -0.39 is 0 Å². The van der Waals surface area contributed by atoms with Crippen LogP contribution in [0.3, 0.4) is 0 Å². The molecular formula is C8H7N3O. The SMILES string of the molecule is Cc1nncc2c(=O)cc[nH]c12. The quantitative estimate of drug-likeness (QED) is 0.616. The topological polar surface area (TPSA) is 58.6 Å². The maximum atomic E-state index is 11.2. The number of aromatic amines is 1. The monoisotopic (exact) mass is 161 g/mol. The van der Waals surface area contributed by atoms with Crippen molar-refractivity contribution in [3.8, 4) is 0 Å². The Morgan fingerprint density at radius 2 is 2.33 bits per heavy atom. The van der Waals surface area contributed by atoms with Crippen molar-refractivity contribution in [1.82, 2.24) is 15.2 Å². The van der Waals surface area contributed by atoms with E-state index in [0.29, 0.717) is 5.39 Å². The highest BCUT2D eigenvalue weighted by Gasteiger charge is 2.00. The van der Waals surface area contributed by atoms with Gasteiger partial charge in [0.2, 0.25) is 0 Å². The first-order valence-electron chi connectivity index (χ1n) is 3.59. The molecule has 12 heavy (non-hydrogen) atoms. The summed E-state index contributed by atoms with van der Waals surface area (Å²) in [6.45, 7) is 1.81. The molecule has 0 saturated heterocycles. The highest BCUT2D eigenvalue weighted by molar-refractivity contribution is 5.78. The Morgan fingerprint density at radius 1 is 1.50 bits per heavy atom. The lowest BCUT2D eigenvalue weighted by atomic mass is 10.2. The van der Waals surface area contributed by atoms with Crippen LogP contribution in [0.5, 0.6) is 0 Å². The lowest BCUT2D eigenvalue weighted by Crippen LogP contribution is -2.02. The van der Waals surface area contributed by atoms with Gasteiger partial charge in [0.05, 0.1) is 22.8 Å². The predicted octanol–water partition coefficient (Wildman–Crippen LogP) is 0.627. The maximum Gasteiger partial charge on any atom is 0.191 e. The summed E-state index contributed by atoms with van der Waals surface area (Å²) >= 11 is 0. The van der Waals surface area contributed by atoms with Crippen molar-refractivity contribution in [1.29, 1.82) is 0 Å². The van der Waals surface area contributed by atoms with Gasteiger partial charge in [0.1, 0.15) is 0 Å². The van der Waals surface area contributed by atoms with Crippen molar-refractivity contribution in [2.45, 2.75) is 6.92 Å². The van der Waals surface area contributed by atoms with E-state index in [4.69, 9.17) is 0 Å². The predicted molar refractivity (Wildman–Crippen MR) is 44.9 cm³/mol. The fraction of sp³-hybridized carbons (Fsp3) is 0.125. The van der Waals surface area contributed by atoms with Crippen LogP contribution in [0.25, 0.3) is 10.9 Å². The first-order valence-corrected chi connectivity index (χ1v) is 3.59. The minimum atomic E-state index is -0.0262. The summed E-state index contributed by atoms with van der Waals surface area (Å²) in [4.78, 5) is 14.2. The lowest BCUT2D eigenvalue weighted by molar-refractivity contribution is 0.993. The van der Waals surface area contributed by atoms with E-state index in [0.717, 1.165) is 11.2 Å². The normalized spacial score (nSPS) is 10.4. The average molecular weight is 161 g/mol. The van der Waals surface area contributed by atoms with E-state index in [1.54, 1.807) is 6.20 Å². The Hall–Kier alpha value is -1.71. The molecule has 0 aliphatic carbocycles. The smallest absolute Gasteiger partial charge is 0.191 e. The second kappa shape index (κ2) is 2.41. The number of aryl methyl sites for hydroxylation is 1. The molecule has 2 aromatic heterocycles. The number of aromatic nitrogens is 3. The summed E-state index contributed by atoms with van der Waals surface area (Å²) in [5, 5.41) is 8.12. The van der Waals surface area contributed by atoms with E-state index in [1.807, 2.05) is 6.92 Å². The van der Waals surface area contributed by atoms with Gasteiger partial charge in [-0.2, -0.15) is 10.2 Å². The number of nitrogens with zero attached hydrogens (tertiary/aromatic N) is 2. The van der Waals surface area contributed by atoms with Crippen LogP contribution in [0.15, 0.2) is 23.3 Å². The van der Waals surface area contributed by atoms with Crippen molar-refractivity contribution in [3.05, 3.63) is 34.4 Å². The Kier molecular flexibility index (Phi) is 1.40. The fourth-order valence-corrected chi connectivity index (χ4v) is 1.14. The number of fused-ring (bicyclic) bond motifs is 1. The van der Waals surface area contributed by atoms with Crippen LogP contribution in [-0.4, -0.2) is 15.2 Å². The van der Waals surface area contributed by atoms with Crippen molar-refractivity contribution < 1.29 is 0 Å². The molecule has 0 unspecified atom stereocenters. The van der Waals surface area contributed by atoms with Crippen LogP contribution in [0.4, 0.5) is 0 Å². The summed E-state index contributed by atoms with van der Waals surface area (Å²) in [6, 6.07) is 1.48. The second-order valence-corrected chi connectivity index (χ2v) is 2.56. The first-order chi connectivity index (χ1) is 5.79. The molecule has 2 aromatic rings. The average Bonchev–Trinajstić information content (AvgIpc) is 2.07. The molecule has 0 aliphatic heterocycles. The zero-order valence-corrected chi connectivity index (χ0v) is 6.53. The van der Waals surface area contributed by atoms with Crippen molar-refractivity contribution in [3.63, 3.8) is 0 Å².